The zero-order valence-corrected chi connectivity index (χ0v) is 9.91. The van der Waals surface area contributed by atoms with Crippen molar-refractivity contribution in [1.29, 1.82) is 0 Å². The molecular weight excluding hydrogens is 200 g/mol. The molecule has 1 spiro atoms. The van der Waals surface area contributed by atoms with E-state index in [2.05, 4.69) is 23.3 Å². The van der Waals surface area contributed by atoms with E-state index in [-0.39, 0.29) is 0 Å². The molecule has 1 unspecified atom stereocenters. The summed E-state index contributed by atoms with van der Waals surface area (Å²) in [6.07, 6.45) is 4.37. The zero-order valence-electron chi connectivity index (χ0n) is 9.91. The number of nitrogens with zero attached hydrogens (tertiary/aromatic N) is 1. The molecule has 2 aliphatic rings. The van der Waals surface area contributed by atoms with E-state index in [1.54, 1.807) is 0 Å². The van der Waals surface area contributed by atoms with E-state index in [9.17, 15) is 0 Å². The fourth-order valence-electron chi connectivity index (χ4n) is 3.53. The predicted molar refractivity (Wildman–Crippen MR) is 63.5 cm³/mol. The molecule has 1 atom stereocenters. The maximum absolute atomic E-state index is 5.65. The van der Waals surface area contributed by atoms with Crippen LogP contribution in [0.15, 0.2) is 22.8 Å². The van der Waals surface area contributed by atoms with Gasteiger partial charge in [0.25, 0.3) is 0 Å². The summed E-state index contributed by atoms with van der Waals surface area (Å²) < 4.78 is 5.65. The van der Waals surface area contributed by atoms with Gasteiger partial charge in [0.2, 0.25) is 0 Å². The molecule has 1 aromatic heterocycles. The molecule has 2 aliphatic heterocycles. The van der Waals surface area contributed by atoms with Crippen LogP contribution in [0.2, 0.25) is 0 Å². The number of nitrogens with one attached hydrogen (secondary N) is 1. The molecule has 0 aliphatic carbocycles. The molecule has 3 rings (SSSR count). The van der Waals surface area contributed by atoms with E-state index in [4.69, 9.17) is 4.42 Å². The number of piperidine rings is 1. The quantitative estimate of drug-likeness (QED) is 0.780. The molecule has 2 fully saturated rings. The summed E-state index contributed by atoms with van der Waals surface area (Å²) >= 11 is 0. The van der Waals surface area contributed by atoms with Crippen LogP contribution in [0.3, 0.4) is 0 Å². The maximum Gasteiger partial charge on any atom is 0.108 e. The molecule has 3 heteroatoms. The third kappa shape index (κ3) is 1.59. The van der Waals surface area contributed by atoms with Crippen LogP contribution < -0.4 is 5.32 Å². The molecule has 1 N–H and O–H groups in total. The summed E-state index contributed by atoms with van der Waals surface area (Å²) in [5.41, 5.74) is 0.456. The highest BCUT2D eigenvalue weighted by Gasteiger charge is 2.47. The first-order valence-corrected chi connectivity index (χ1v) is 6.23. The highest BCUT2D eigenvalue weighted by Crippen LogP contribution is 2.48. The lowest BCUT2D eigenvalue weighted by molar-refractivity contribution is 0.176. The highest BCUT2D eigenvalue weighted by molar-refractivity contribution is 5.16. The molecule has 3 heterocycles. The SMILES string of the molecule is CN1CC(c2ccco2)C2(CCNCC2)C1. The zero-order chi connectivity index (χ0) is 11.0. The summed E-state index contributed by atoms with van der Waals surface area (Å²) in [4.78, 5) is 2.46. The van der Waals surface area contributed by atoms with Crippen LogP contribution in [0.1, 0.15) is 24.5 Å². The number of hydrogen-bond donors (Lipinski definition) is 1. The van der Waals surface area contributed by atoms with Gasteiger partial charge in [-0.3, -0.25) is 0 Å². The average molecular weight is 220 g/mol. The van der Waals surface area contributed by atoms with Gasteiger partial charge in [0.05, 0.1) is 6.26 Å². The van der Waals surface area contributed by atoms with Gasteiger partial charge < -0.3 is 14.6 Å². The second-order valence-corrected chi connectivity index (χ2v) is 5.38. The fourth-order valence-corrected chi connectivity index (χ4v) is 3.53. The summed E-state index contributed by atoms with van der Waals surface area (Å²) in [6.45, 7) is 4.68. The average Bonchev–Trinajstić information content (AvgIpc) is 2.88. The molecule has 2 saturated heterocycles. The Bertz CT molecular complexity index is 341. The molecule has 0 bridgehead atoms. The van der Waals surface area contributed by atoms with Gasteiger partial charge in [-0.15, -0.1) is 0 Å². The Balaban J connectivity index is 1.90. The Kier molecular flexibility index (Phi) is 2.52. The number of rotatable bonds is 1. The first-order valence-electron chi connectivity index (χ1n) is 6.23. The van der Waals surface area contributed by atoms with Crippen molar-refractivity contribution < 1.29 is 4.42 Å². The van der Waals surface area contributed by atoms with E-state index >= 15 is 0 Å². The summed E-state index contributed by atoms with van der Waals surface area (Å²) in [5.74, 6) is 1.78. The smallest absolute Gasteiger partial charge is 0.108 e. The molecular formula is C13H20N2O. The molecule has 0 saturated carbocycles. The minimum atomic E-state index is 0.456. The number of likely N-dealkylation sites (N-methyl/N-ethyl adjacent to an activating group) is 1. The lowest BCUT2D eigenvalue weighted by Gasteiger charge is -2.37. The van der Waals surface area contributed by atoms with Crippen LogP contribution >= 0.6 is 0 Å². The van der Waals surface area contributed by atoms with E-state index in [0.717, 1.165) is 19.6 Å². The second-order valence-electron chi connectivity index (χ2n) is 5.38. The summed E-state index contributed by atoms with van der Waals surface area (Å²) in [5, 5.41) is 3.47. The Hall–Kier alpha value is -0.800. The van der Waals surface area contributed by atoms with E-state index in [0.29, 0.717) is 11.3 Å². The third-order valence-corrected chi connectivity index (χ3v) is 4.30. The Labute approximate surface area is 96.8 Å². The molecule has 0 radical (unpaired) electrons. The number of hydrogen-bond acceptors (Lipinski definition) is 3. The van der Waals surface area contributed by atoms with E-state index in [1.807, 2.05) is 12.3 Å². The lowest BCUT2D eigenvalue weighted by atomic mass is 9.70. The monoisotopic (exact) mass is 220 g/mol. The van der Waals surface area contributed by atoms with Crippen LogP contribution in [0.5, 0.6) is 0 Å². The summed E-state index contributed by atoms with van der Waals surface area (Å²) in [7, 11) is 2.23. The maximum atomic E-state index is 5.65. The standard InChI is InChI=1S/C13H20N2O/c1-15-9-11(12-3-2-8-16-12)13(10-15)4-6-14-7-5-13/h2-3,8,11,14H,4-7,9-10H2,1H3. The van der Waals surface area contributed by atoms with Gasteiger partial charge in [0.1, 0.15) is 5.76 Å². The molecule has 0 amide bonds. The normalized spacial score (nSPS) is 29.9. The lowest BCUT2D eigenvalue weighted by Crippen LogP contribution is -2.41. The van der Waals surface area contributed by atoms with Crippen molar-refractivity contribution in [1.82, 2.24) is 10.2 Å². The van der Waals surface area contributed by atoms with Crippen molar-refractivity contribution in [3.8, 4) is 0 Å². The van der Waals surface area contributed by atoms with Crippen molar-refractivity contribution in [2.75, 3.05) is 33.2 Å². The largest absolute Gasteiger partial charge is 0.469 e. The molecule has 0 aromatic carbocycles. The van der Waals surface area contributed by atoms with Gasteiger partial charge in [0, 0.05) is 19.0 Å². The molecule has 1 aromatic rings. The fraction of sp³-hybridized carbons (Fsp3) is 0.692. The van der Waals surface area contributed by atoms with Gasteiger partial charge in [-0.05, 0) is 50.5 Å². The molecule has 16 heavy (non-hydrogen) atoms. The summed E-state index contributed by atoms with van der Waals surface area (Å²) in [6, 6.07) is 4.16. The van der Waals surface area contributed by atoms with Gasteiger partial charge in [-0.2, -0.15) is 0 Å². The van der Waals surface area contributed by atoms with Gasteiger partial charge >= 0.3 is 0 Å². The topological polar surface area (TPSA) is 28.4 Å². The van der Waals surface area contributed by atoms with Gasteiger partial charge in [-0.1, -0.05) is 0 Å². The third-order valence-electron chi connectivity index (χ3n) is 4.30. The van der Waals surface area contributed by atoms with Crippen LogP contribution in [0, 0.1) is 5.41 Å². The second kappa shape index (κ2) is 3.90. The molecule has 88 valence electrons. The van der Waals surface area contributed by atoms with Crippen molar-refractivity contribution in [2.24, 2.45) is 5.41 Å². The molecule has 3 nitrogen and oxygen atoms in total. The van der Waals surface area contributed by atoms with E-state index < -0.39 is 0 Å². The Morgan fingerprint density at radius 3 is 2.94 bits per heavy atom. The highest BCUT2D eigenvalue weighted by atomic mass is 16.3. The van der Waals surface area contributed by atoms with Crippen LogP contribution in [0.4, 0.5) is 0 Å². The van der Waals surface area contributed by atoms with Crippen molar-refractivity contribution in [3.05, 3.63) is 24.2 Å². The van der Waals surface area contributed by atoms with Gasteiger partial charge in [0.15, 0.2) is 0 Å². The van der Waals surface area contributed by atoms with Crippen LogP contribution in [-0.4, -0.2) is 38.1 Å². The van der Waals surface area contributed by atoms with Crippen molar-refractivity contribution >= 4 is 0 Å². The van der Waals surface area contributed by atoms with Crippen LogP contribution in [-0.2, 0) is 0 Å². The number of furan rings is 1. The Morgan fingerprint density at radius 1 is 1.44 bits per heavy atom. The predicted octanol–water partition coefficient (Wildman–Crippen LogP) is 1.68. The number of likely N-dealkylation sites (tertiary alicyclic amines) is 1. The van der Waals surface area contributed by atoms with Crippen LogP contribution in [0.25, 0.3) is 0 Å². The minimum absolute atomic E-state index is 0.456. The first kappa shape index (κ1) is 10.4. The Morgan fingerprint density at radius 2 is 2.25 bits per heavy atom. The van der Waals surface area contributed by atoms with Crippen molar-refractivity contribution in [2.45, 2.75) is 18.8 Å². The minimum Gasteiger partial charge on any atom is -0.469 e. The first-order chi connectivity index (χ1) is 7.80. The van der Waals surface area contributed by atoms with Crippen molar-refractivity contribution in [3.63, 3.8) is 0 Å². The van der Waals surface area contributed by atoms with Gasteiger partial charge in [-0.25, -0.2) is 0 Å². The van der Waals surface area contributed by atoms with E-state index in [1.165, 1.54) is 25.1 Å².